The lowest BCUT2D eigenvalue weighted by Crippen LogP contribution is -2.44. The molecule has 1 saturated heterocycles. The Morgan fingerprint density at radius 2 is 2.04 bits per heavy atom. The second kappa shape index (κ2) is 8.77. The average molecular weight is 370 g/mol. The van der Waals surface area contributed by atoms with Crippen LogP contribution in [0.4, 0.5) is 9.93 Å². The number of aromatic nitrogens is 1. The Morgan fingerprint density at radius 1 is 1.36 bits per heavy atom. The van der Waals surface area contributed by atoms with E-state index in [-0.39, 0.29) is 18.4 Å². The molecular formula is C15H22N4O5S. The Kier molecular flexibility index (Phi) is 6.71. The zero-order chi connectivity index (χ0) is 18.4. The number of nitrogens with one attached hydrogen (secondary N) is 2. The fraction of sp³-hybridized carbons (Fsp3) is 0.600. The molecule has 9 nitrogen and oxygen atoms in total. The molecule has 1 fully saturated rings. The summed E-state index contributed by atoms with van der Waals surface area (Å²) in [6, 6.07) is -1.19. The Morgan fingerprint density at radius 3 is 2.64 bits per heavy atom. The number of nitrogens with zero attached hydrogens (tertiary/aromatic N) is 2. The molecule has 0 saturated carbocycles. The van der Waals surface area contributed by atoms with Crippen molar-refractivity contribution in [1.82, 2.24) is 15.2 Å². The molecular weight excluding hydrogens is 348 g/mol. The molecule has 3 amide bonds. The van der Waals surface area contributed by atoms with Gasteiger partial charge >= 0.3 is 12.0 Å². The number of morpholine rings is 1. The molecule has 25 heavy (non-hydrogen) atoms. The van der Waals surface area contributed by atoms with Crippen LogP contribution < -0.4 is 10.6 Å². The third-order valence-electron chi connectivity index (χ3n) is 3.65. The summed E-state index contributed by atoms with van der Waals surface area (Å²) >= 11 is 1.22. The van der Waals surface area contributed by atoms with Crippen LogP contribution in [0.1, 0.15) is 19.5 Å². The van der Waals surface area contributed by atoms with Crippen molar-refractivity contribution >= 4 is 34.4 Å². The van der Waals surface area contributed by atoms with Gasteiger partial charge in [-0.05, 0) is 5.92 Å². The second-order valence-electron chi connectivity index (χ2n) is 5.98. The summed E-state index contributed by atoms with van der Waals surface area (Å²) in [6.07, 6.45) is -0.0412. The molecule has 1 aromatic rings. The number of thiazole rings is 1. The Bertz CT molecular complexity index is 627. The molecule has 138 valence electrons. The van der Waals surface area contributed by atoms with Gasteiger partial charge in [0.15, 0.2) is 5.13 Å². The molecule has 0 aromatic carbocycles. The highest BCUT2D eigenvalue weighted by Gasteiger charge is 2.24. The van der Waals surface area contributed by atoms with Crippen molar-refractivity contribution in [1.29, 1.82) is 0 Å². The van der Waals surface area contributed by atoms with Crippen LogP contribution >= 0.6 is 11.3 Å². The summed E-state index contributed by atoms with van der Waals surface area (Å²) in [6.45, 7) is 5.52. The molecule has 1 atom stereocenters. The lowest BCUT2D eigenvalue weighted by molar-refractivity contribution is -0.143. The third-order valence-corrected chi connectivity index (χ3v) is 4.46. The van der Waals surface area contributed by atoms with Crippen molar-refractivity contribution in [2.75, 3.05) is 31.6 Å². The molecule has 0 aliphatic carbocycles. The van der Waals surface area contributed by atoms with Crippen LogP contribution in [0.2, 0.25) is 0 Å². The Hall–Kier alpha value is -2.20. The van der Waals surface area contributed by atoms with Gasteiger partial charge in [0.1, 0.15) is 6.04 Å². The molecule has 2 rings (SSSR count). The number of carboxylic acid groups (broad SMARTS) is 1. The van der Waals surface area contributed by atoms with Gasteiger partial charge < -0.3 is 20.1 Å². The number of anilines is 1. The minimum Gasteiger partial charge on any atom is -0.480 e. The van der Waals surface area contributed by atoms with Gasteiger partial charge in [-0.2, -0.15) is 0 Å². The van der Waals surface area contributed by atoms with E-state index in [1.165, 1.54) is 11.3 Å². The van der Waals surface area contributed by atoms with Crippen molar-refractivity contribution in [3.8, 4) is 0 Å². The van der Waals surface area contributed by atoms with Gasteiger partial charge in [0.2, 0.25) is 5.91 Å². The van der Waals surface area contributed by atoms with Crippen molar-refractivity contribution in [2.24, 2.45) is 5.92 Å². The maximum absolute atomic E-state index is 12.1. The van der Waals surface area contributed by atoms with E-state index in [0.717, 1.165) is 0 Å². The number of carboxylic acids is 1. The monoisotopic (exact) mass is 370 g/mol. The molecule has 2 heterocycles. The fourth-order valence-electron chi connectivity index (χ4n) is 2.29. The first kappa shape index (κ1) is 19.1. The molecule has 3 N–H and O–H groups in total. The van der Waals surface area contributed by atoms with E-state index < -0.39 is 17.9 Å². The van der Waals surface area contributed by atoms with Crippen LogP contribution in [-0.4, -0.2) is 65.2 Å². The predicted octanol–water partition coefficient (Wildman–Crippen LogP) is 0.775. The van der Waals surface area contributed by atoms with Crippen LogP contribution in [0, 0.1) is 5.92 Å². The van der Waals surface area contributed by atoms with Crippen LogP contribution in [0.25, 0.3) is 0 Å². The summed E-state index contributed by atoms with van der Waals surface area (Å²) in [5.41, 5.74) is 0.479. The van der Waals surface area contributed by atoms with Crippen LogP contribution in [0.3, 0.4) is 0 Å². The van der Waals surface area contributed by atoms with E-state index in [1.54, 1.807) is 24.1 Å². The van der Waals surface area contributed by atoms with Crippen LogP contribution in [-0.2, 0) is 20.7 Å². The molecule has 10 heteroatoms. The Labute approximate surface area is 149 Å². The molecule has 0 radical (unpaired) electrons. The zero-order valence-corrected chi connectivity index (χ0v) is 15.0. The van der Waals surface area contributed by atoms with Gasteiger partial charge in [0.05, 0.1) is 25.3 Å². The quantitative estimate of drug-likeness (QED) is 0.680. The van der Waals surface area contributed by atoms with Crippen molar-refractivity contribution in [3.63, 3.8) is 0 Å². The minimum atomic E-state index is -1.07. The largest absolute Gasteiger partial charge is 0.480 e. The van der Waals surface area contributed by atoms with Gasteiger partial charge in [-0.3, -0.25) is 10.1 Å². The number of carbonyl (C=O) groups excluding carboxylic acids is 2. The fourth-order valence-corrected chi connectivity index (χ4v) is 2.98. The lowest BCUT2D eigenvalue weighted by Gasteiger charge is -2.26. The van der Waals surface area contributed by atoms with Gasteiger partial charge in [-0.1, -0.05) is 13.8 Å². The van der Waals surface area contributed by atoms with E-state index in [9.17, 15) is 14.4 Å². The molecule has 0 spiro atoms. The number of urea groups is 1. The van der Waals surface area contributed by atoms with Gasteiger partial charge in [-0.15, -0.1) is 11.3 Å². The summed E-state index contributed by atoms with van der Waals surface area (Å²) < 4.78 is 5.19. The smallest absolute Gasteiger partial charge is 0.326 e. The number of ether oxygens (including phenoxy) is 1. The summed E-state index contributed by atoms with van der Waals surface area (Å²) in [5, 5.41) is 16.3. The topological polar surface area (TPSA) is 121 Å². The normalized spacial score (nSPS) is 15.7. The van der Waals surface area contributed by atoms with Crippen LogP contribution in [0.5, 0.6) is 0 Å². The highest BCUT2D eigenvalue weighted by Crippen LogP contribution is 2.17. The van der Waals surface area contributed by atoms with Gasteiger partial charge in [0.25, 0.3) is 0 Å². The molecule has 0 bridgehead atoms. The van der Waals surface area contributed by atoms with Crippen LogP contribution in [0.15, 0.2) is 5.38 Å². The van der Waals surface area contributed by atoms with E-state index >= 15 is 0 Å². The zero-order valence-electron chi connectivity index (χ0n) is 14.2. The second-order valence-corrected chi connectivity index (χ2v) is 6.84. The number of hydrogen-bond acceptors (Lipinski definition) is 6. The van der Waals surface area contributed by atoms with Crippen molar-refractivity contribution in [2.45, 2.75) is 26.3 Å². The number of aliphatic carboxylic acids is 1. The summed E-state index contributed by atoms with van der Waals surface area (Å²) in [5.74, 6) is -1.71. The highest BCUT2D eigenvalue weighted by molar-refractivity contribution is 7.13. The first-order valence-electron chi connectivity index (χ1n) is 7.97. The minimum absolute atomic E-state index is 0.0412. The molecule has 1 unspecified atom stereocenters. The highest BCUT2D eigenvalue weighted by atomic mass is 32.1. The first-order chi connectivity index (χ1) is 11.9. The molecule has 1 aliphatic heterocycles. The van der Waals surface area contributed by atoms with E-state index in [0.29, 0.717) is 37.1 Å². The standard InChI is InChI=1S/C15H22N4O5S/c1-9(2)12(13(21)22)17-11(20)7-10-8-25-14(16-10)18-15(23)19-3-5-24-6-4-19/h8-9,12H,3-7H2,1-2H3,(H,17,20)(H,21,22)(H,16,18,23). The lowest BCUT2D eigenvalue weighted by atomic mass is 10.0. The van der Waals surface area contributed by atoms with Gasteiger partial charge in [-0.25, -0.2) is 14.6 Å². The van der Waals surface area contributed by atoms with E-state index in [1.807, 2.05) is 0 Å². The predicted molar refractivity (Wildman–Crippen MR) is 91.6 cm³/mol. The maximum atomic E-state index is 12.1. The van der Waals surface area contributed by atoms with Crippen molar-refractivity contribution in [3.05, 3.63) is 11.1 Å². The SMILES string of the molecule is CC(C)C(NC(=O)Cc1csc(NC(=O)N2CCOCC2)n1)C(=O)O. The average Bonchev–Trinajstić information content (AvgIpc) is 2.99. The summed E-state index contributed by atoms with van der Waals surface area (Å²) in [4.78, 5) is 41.0. The Balaban J connectivity index is 1.87. The molecule has 1 aliphatic rings. The van der Waals surface area contributed by atoms with Crippen molar-refractivity contribution < 1.29 is 24.2 Å². The number of hydrogen-bond donors (Lipinski definition) is 3. The third kappa shape index (κ3) is 5.68. The number of rotatable bonds is 6. The maximum Gasteiger partial charge on any atom is 0.326 e. The molecule has 1 aromatic heterocycles. The van der Waals surface area contributed by atoms with E-state index in [4.69, 9.17) is 9.84 Å². The van der Waals surface area contributed by atoms with E-state index in [2.05, 4.69) is 15.6 Å². The summed E-state index contributed by atoms with van der Waals surface area (Å²) in [7, 11) is 0. The number of carbonyl (C=O) groups is 3. The number of amides is 3. The van der Waals surface area contributed by atoms with Gasteiger partial charge in [0, 0.05) is 18.5 Å². The first-order valence-corrected chi connectivity index (χ1v) is 8.85.